The molecule has 0 aliphatic carbocycles. The number of hydrogen-bond donors (Lipinski definition) is 2. The second kappa shape index (κ2) is 3.93. The number of rotatable bonds is 4. The van der Waals surface area contributed by atoms with E-state index in [2.05, 4.69) is 21.9 Å². The summed E-state index contributed by atoms with van der Waals surface area (Å²) in [6.07, 6.45) is 3.49. The van der Waals surface area contributed by atoms with Crippen molar-refractivity contribution in [3.05, 3.63) is 30.4 Å². The summed E-state index contributed by atoms with van der Waals surface area (Å²) < 4.78 is 0. The molecule has 0 aliphatic rings. The maximum atomic E-state index is 3.90. The van der Waals surface area contributed by atoms with Crippen molar-refractivity contribution < 1.29 is 0 Å². The van der Waals surface area contributed by atoms with E-state index in [1.54, 1.807) is 6.33 Å². The molecule has 3 nitrogen and oxygen atoms in total. The molecule has 0 amide bonds. The first-order valence-corrected chi connectivity index (χ1v) is 3.61. The van der Waals surface area contributed by atoms with Crippen LogP contribution in [-0.4, -0.2) is 16.5 Å². The highest BCUT2D eigenvalue weighted by Gasteiger charge is 1.91. The van der Waals surface area contributed by atoms with Gasteiger partial charge >= 0.3 is 0 Å². The molecule has 1 rings (SSSR count). The maximum absolute atomic E-state index is 3.90. The normalized spacial score (nSPS) is 9.91. The molecule has 2 N–H and O–H groups in total. The molecule has 1 heterocycles. The van der Waals surface area contributed by atoms with E-state index in [1.807, 2.05) is 13.1 Å². The quantitative estimate of drug-likeness (QED) is 0.632. The lowest BCUT2D eigenvalue weighted by Gasteiger charge is -2.00. The average molecular weight is 151 g/mol. The molecule has 0 unspecified atom stereocenters. The third kappa shape index (κ3) is 3.00. The van der Waals surface area contributed by atoms with E-state index in [4.69, 9.17) is 0 Å². The van der Waals surface area contributed by atoms with Crippen LogP contribution in [0.15, 0.2) is 24.7 Å². The molecule has 0 spiro atoms. The number of imidazole rings is 1. The molecule has 0 radical (unpaired) electrons. The molecular weight excluding hydrogens is 138 g/mol. The van der Waals surface area contributed by atoms with E-state index in [1.165, 1.54) is 0 Å². The second-order valence-electron chi connectivity index (χ2n) is 2.64. The summed E-state index contributed by atoms with van der Waals surface area (Å²) in [6, 6.07) is 0. The van der Waals surface area contributed by atoms with E-state index in [-0.39, 0.29) is 0 Å². The minimum Gasteiger partial charge on any atom is -0.347 e. The first kappa shape index (κ1) is 8.01. The highest BCUT2D eigenvalue weighted by Crippen LogP contribution is 1.90. The number of nitrogens with one attached hydrogen (secondary N) is 2. The van der Waals surface area contributed by atoms with Gasteiger partial charge in [-0.05, 0) is 6.92 Å². The van der Waals surface area contributed by atoms with Crippen LogP contribution in [0.5, 0.6) is 0 Å². The van der Waals surface area contributed by atoms with Crippen molar-refractivity contribution in [2.75, 3.05) is 6.54 Å². The van der Waals surface area contributed by atoms with Gasteiger partial charge in [0.2, 0.25) is 0 Å². The van der Waals surface area contributed by atoms with Crippen molar-refractivity contribution in [2.24, 2.45) is 0 Å². The van der Waals surface area contributed by atoms with Gasteiger partial charge in [-0.2, -0.15) is 0 Å². The van der Waals surface area contributed by atoms with Crippen LogP contribution in [0.4, 0.5) is 0 Å². The van der Waals surface area contributed by atoms with Gasteiger partial charge in [0.05, 0.1) is 6.33 Å². The van der Waals surface area contributed by atoms with Crippen LogP contribution in [-0.2, 0) is 6.54 Å². The molecule has 60 valence electrons. The van der Waals surface area contributed by atoms with Gasteiger partial charge in [0.1, 0.15) is 0 Å². The zero-order valence-electron chi connectivity index (χ0n) is 6.72. The third-order valence-electron chi connectivity index (χ3n) is 1.30. The van der Waals surface area contributed by atoms with Crippen molar-refractivity contribution in [1.29, 1.82) is 0 Å². The topological polar surface area (TPSA) is 40.7 Å². The first-order valence-electron chi connectivity index (χ1n) is 3.61. The fourth-order valence-electron chi connectivity index (χ4n) is 0.792. The van der Waals surface area contributed by atoms with Crippen LogP contribution >= 0.6 is 0 Å². The lowest BCUT2D eigenvalue weighted by molar-refractivity contribution is 0.727. The van der Waals surface area contributed by atoms with Crippen LogP contribution in [0.1, 0.15) is 12.6 Å². The van der Waals surface area contributed by atoms with Gasteiger partial charge in [0.15, 0.2) is 0 Å². The Labute approximate surface area is 66.5 Å². The van der Waals surface area contributed by atoms with E-state index >= 15 is 0 Å². The predicted molar refractivity (Wildman–Crippen MR) is 45.1 cm³/mol. The fraction of sp³-hybridized carbons (Fsp3) is 0.375. The molecule has 0 aliphatic heterocycles. The van der Waals surface area contributed by atoms with Crippen molar-refractivity contribution in [3.8, 4) is 0 Å². The van der Waals surface area contributed by atoms with Crippen LogP contribution in [0.25, 0.3) is 0 Å². The smallest absolute Gasteiger partial charge is 0.0922 e. The minimum atomic E-state index is 0.826. The Morgan fingerprint density at radius 3 is 3.18 bits per heavy atom. The van der Waals surface area contributed by atoms with Gasteiger partial charge in [-0.15, -0.1) is 0 Å². The summed E-state index contributed by atoms with van der Waals surface area (Å²) in [5, 5.41) is 3.22. The van der Waals surface area contributed by atoms with Gasteiger partial charge in [0, 0.05) is 25.0 Å². The monoisotopic (exact) mass is 151 g/mol. The second-order valence-corrected chi connectivity index (χ2v) is 2.64. The molecule has 0 aromatic carbocycles. The Kier molecular flexibility index (Phi) is 2.86. The summed E-state index contributed by atoms with van der Waals surface area (Å²) in [5.41, 5.74) is 2.25. The number of aromatic amines is 1. The summed E-state index contributed by atoms with van der Waals surface area (Å²) in [5.74, 6) is 0. The van der Waals surface area contributed by atoms with E-state index in [9.17, 15) is 0 Å². The maximum Gasteiger partial charge on any atom is 0.0922 e. The summed E-state index contributed by atoms with van der Waals surface area (Å²) >= 11 is 0. The average Bonchev–Trinajstić information content (AvgIpc) is 2.39. The molecule has 3 heteroatoms. The fourth-order valence-corrected chi connectivity index (χ4v) is 0.792. The molecule has 1 aromatic rings. The number of aromatic nitrogens is 2. The van der Waals surface area contributed by atoms with E-state index in [0.29, 0.717) is 0 Å². The number of hydrogen-bond acceptors (Lipinski definition) is 2. The van der Waals surface area contributed by atoms with E-state index in [0.717, 1.165) is 24.4 Å². The lowest BCUT2D eigenvalue weighted by Crippen LogP contribution is -2.15. The van der Waals surface area contributed by atoms with Crippen LogP contribution in [0.3, 0.4) is 0 Å². The molecule has 11 heavy (non-hydrogen) atoms. The largest absolute Gasteiger partial charge is 0.347 e. The molecule has 0 saturated heterocycles. The molecular formula is C8H13N3. The third-order valence-corrected chi connectivity index (χ3v) is 1.30. The van der Waals surface area contributed by atoms with Gasteiger partial charge in [0.25, 0.3) is 0 Å². The summed E-state index contributed by atoms with van der Waals surface area (Å²) in [7, 11) is 0. The van der Waals surface area contributed by atoms with Crippen molar-refractivity contribution in [1.82, 2.24) is 15.3 Å². The Morgan fingerprint density at radius 1 is 1.82 bits per heavy atom. The van der Waals surface area contributed by atoms with E-state index < -0.39 is 0 Å². The molecule has 0 bridgehead atoms. The standard InChI is InChI=1S/C8H13N3/c1-7(2)3-9-4-8-5-10-6-11-8/h5-6,9H,1,3-4H2,2H3,(H,10,11). The lowest BCUT2D eigenvalue weighted by atomic mass is 10.3. The number of H-pyrrole nitrogens is 1. The van der Waals surface area contributed by atoms with Gasteiger partial charge in [-0.3, -0.25) is 0 Å². The number of nitrogens with zero attached hydrogens (tertiary/aromatic N) is 1. The SMILES string of the molecule is C=C(C)CNCc1cnc[nH]1. The summed E-state index contributed by atoms with van der Waals surface area (Å²) in [4.78, 5) is 6.91. The molecule has 0 fully saturated rings. The van der Waals surface area contributed by atoms with Gasteiger partial charge in [-0.25, -0.2) is 4.98 Å². The predicted octanol–water partition coefficient (Wildman–Crippen LogP) is 1.08. The van der Waals surface area contributed by atoms with Gasteiger partial charge in [-0.1, -0.05) is 12.2 Å². The highest BCUT2D eigenvalue weighted by molar-refractivity contribution is 4.96. The molecule has 0 saturated carbocycles. The molecule has 0 atom stereocenters. The van der Waals surface area contributed by atoms with Crippen molar-refractivity contribution in [2.45, 2.75) is 13.5 Å². The van der Waals surface area contributed by atoms with Crippen LogP contribution < -0.4 is 5.32 Å². The Hall–Kier alpha value is -1.09. The van der Waals surface area contributed by atoms with Crippen LogP contribution in [0.2, 0.25) is 0 Å². The Morgan fingerprint density at radius 2 is 2.64 bits per heavy atom. The Balaban J connectivity index is 2.19. The molecule has 1 aromatic heterocycles. The van der Waals surface area contributed by atoms with Gasteiger partial charge < -0.3 is 10.3 Å². The first-order chi connectivity index (χ1) is 5.29. The summed E-state index contributed by atoms with van der Waals surface area (Å²) in [6.45, 7) is 7.47. The zero-order chi connectivity index (χ0) is 8.10. The Bertz CT molecular complexity index is 213. The zero-order valence-corrected chi connectivity index (χ0v) is 6.72. The minimum absolute atomic E-state index is 0.826. The highest BCUT2D eigenvalue weighted by atomic mass is 14.9. The van der Waals surface area contributed by atoms with Crippen LogP contribution in [0, 0.1) is 0 Å². The van der Waals surface area contributed by atoms with Crippen molar-refractivity contribution in [3.63, 3.8) is 0 Å². The van der Waals surface area contributed by atoms with Crippen molar-refractivity contribution >= 4 is 0 Å².